The molecule has 25 heavy (non-hydrogen) atoms. The summed E-state index contributed by atoms with van der Waals surface area (Å²) >= 11 is 0. The molecule has 0 radical (unpaired) electrons. The van der Waals surface area contributed by atoms with Gasteiger partial charge in [0, 0.05) is 31.8 Å². The highest BCUT2D eigenvalue weighted by Gasteiger charge is 2.24. The molecule has 0 unspecified atom stereocenters. The third-order valence-electron chi connectivity index (χ3n) is 4.61. The van der Waals surface area contributed by atoms with Gasteiger partial charge in [0.1, 0.15) is 5.82 Å². The molecular weight excluding hydrogens is 320 g/mol. The summed E-state index contributed by atoms with van der Waals surface area (Å²) in [5.41, 5.74) is 1.38. The van der Waals surface area contributed by atoms with Gasteiger partial charge in [-0.1, -0.05) is 12.1 Å². The third kappa shape index (κ3) is 4.23. The van der Waals surface area contributed by atoms with Crippen molar-refractivity contribution in [3.63, 3.8) is 0 Å². The van der Waals surface area contributed by atoms with Gasteiger partial charge in [-0.15, -0.1) is 0 Å². The number of benzene rings is 1. The van der Waals surface area contributed by atoms with E-state index in [9.17, 15) is 9.59 Å². The molecule has 0 bridgehead atoms. The first-order valence-corrected chi connectivity index (χ1v) is 8.52. The second-order valence-corrected chi connectivity index (χ2v) is 6.44. The fraction of sp³-hybridized carbons (Fsp3) is 0.444. The summed E-state index contributed by atoms with van der Waals surface area (Å²) in [4.78, 5) is 29.6. The van der Waals surface area contributed by atoms with Crippen LogP contribution in [0.4, 0.5) is 0 Å². The Bertz CT molecular complexity index is 754. The molecule has 7 heteroatoms. The van der Waals surface area contributed by atoms with Crippen molar-refractivity contribution in [3.8, 4) is 0 Å². The SMILES string of the molecule is Cc1nc(CCC(=O)N2CCC[C@H](c3ccc(C(=O)O)cc3)C2)n[nH]1. The Labute approximate surface area is 146 Å². The minimum absolute atomic E-state index is 0.120. The van der Waals surface area contributed by atoms with Crippen LogP contribution in [0.1, 0.15) is 52.8 Å². The molecule has 0 saturated carbocycles. The fourth-order valence-corrected chi connectivity index (χ4v) is 3.25. The van der Waals surface area contributed by atoms with Crippen molar-refractivity contribution < 1.29 is 14.7 Å². The van der Waals surface area contributed by atoms with Crippen LogP contribution in [-0.4, -0.2) is 50.2 Å². The summed E-state index contributed by atoms with van der Waals surface area (Å²) in [7, 11) is 0. The van der Waals surface area contributed by atoms with Gasteiger partial charge >= 0.3 is 5.97 Å². The van der Waals surface area contributed by atoms with Gasteiger partial charge in [-0.3, -0.25) is 9.89 Å². The molecule has 132 valence electrons. The molecule has 7 nitrogen and oxygen atoms in total. The number of carbonyl (C=O) groups excluding carboxylic acids is 1. The number of aromatic nitrogens is 3. The van der Waals surface area contributed by atoms with E-state index in [1.165, 1.54) is 0 Å². The summed E-state index contributed by atoms with van der Waals surface area (Å²) < 4.78 is 0. The van der Waals surface area contributed by atoms with Gasteiger partial charge < -0.3 is 10.0 Å². The van der Waals surface area contributed by atoms with Gasteiger partial charge in [0.25, 0.3) is 0 Å². The van der Waals surface area contributed by atoms with Crippen molar-refractivity contribution in [3.05, 3.63) is 47.0 Å². The van der Waals surface area contributed by atoms with Gasteiger partial charge in [0.05, 0.1) is 5.56 Å². The van der Waals surface area contributed by atoms with Crippen molar-refractivity contribution in [2.75, 3.05) is 13.1 Å². The molecule has 1 amide bonds. The molecule has 2 aromatic rings. The van der Waals surface area contributed by atoms with E-state index < -0.39 is 5.97 Å². The lowest BCUT2D eigenvalue weighted by molar-refractivity contribution is -0.132. The Hall–Kier alpha value is -2.70. The zero-order valence-electron chi connectivity index (χ0n) is 14.2. The summed E-state index contributed by atoms with van der Waals surface area (Å²) in [6.45, 7) is 3.29. The zero-order valence-corrected chi connectivity index (χ0v) is 14.2. The first-order chi connectivity index (χ1) is 12.0. The normalized spacial score (nSPS) is 17.5. The molecule has 1 aliphatic heterocycles. The zero-order chi connectivity index (χ0) is 17.8. The summed E-state index contributed by atoms with van der Waals surface area (Å²) in [6, 6.07) is 6.98. The number of aromatic amines is 1. The topological polar surface area (TPSA) is 99.2 Å². The van der Waals surface area contributed by atoms with Gasteiger partial charge in [0.15, 0.2) is 5.82 Å². The predicted octanol–water partition coefficient (Wildman–Crippen LogP) is 2.15. The number of hydrogen-bond donors (Lipinski definition) is 2. The van der Waals surface area contributed by atoms with Crippen LogP contribution in [-0.2, 0) is 11.2 Å². The molecule has 1 fully saturated rings. The summed E-state index contributed by atoms with van der Waals surface area (Å²) in [6.07, 6.45) is 2.91. The van der Waals surface area contributed by atoms with E-state index in [0.29, 0.717) is 25.2 Å². The number of nitrogens with one attached hydrogen (secondary N) is 1. The molecular formula is C18H22N4O3. The number of carbonyl (C=O) groups is 2. The quantitative estimate of drug-likeness (QED) is 0.867. The lowest BCUT2D eigenvalue weighted by atomic mass is 9.90. The van der Waals surface area contributed by atoms with Gasteiger partial charge in [-0.2, -0.15) is 5.10 Å². The van der Waals surface area contributed by atoms with Crippen LogP contribution < -0.4 is 0 Å². The maximum atomic E-state index is 12.5. The van der Waals surface area contributed by atoms with Gasteiger partial charge in [-0.25, -0.2) is 9.78 Å². The summed E-state index contributed by atoms with van der Waals surface area (Å²) in [5.74, 6) is 0.879. The molecule has 3 rings (SSSR count). The second-order valence-electron chi connectivity index (χ2n) is 6.44. The first-order valence-electron chi connectivity index (χ1n) is 8.52. The van der Waals surface area contributed by atoms with E-state index in [0.717, 1.165) is 30.8 Å². The van der Waals surface area contributed by atoms with Crippen LogP contribution in [0.2, 0.25) is 0 Å². The molecule has 2 N–H and O–H groups in total. The Morgan fingerprint density at radius 1 is 1.32 bits per heavy atom. The van der Waals surface area contributed by atoms with Crippen molar-refractivity contribution in [2.45, 2.75) is 38.5 Å². The van der Waals surface area contributed by atoms with Crippen molar-refractivity contribution >= 4 is 11.9 Å². The number of hydrogen-bond acceptors (Lipinski definition) is 4. The maximum Gasteiger partial charge on any atom is 0.335 e. The van der Waals surface area contributed by atoms with Gasteiger partial charge in [0.2, 0.25) is 5.91 Å². The average molecular weight is 342 g/mol. The van der Waals surface area contributed by atoms with Crippen molar-refractivity contribution in [2.24, 2.45) is 0 Å². The molecule has 0 spiro atoms. The highest BCUT2D eigenvalue weighted by Crippen LogP contribution is 2.27. The monoisotopic (exact) mass is 342 g/mol. The lowest BCUT2D eigenvalue weighted by Crippen LogP contribution is -2.39. The number of H-pyrrole nitrogens is 1. The minimum Gasteiger partial charge on any atom is -0.478 e. The molecule has 2 heterocycles. The standard InChI is InChI=1S/C18H22N4O3/c1-12-19-16(21-20-12)8-9-17(23)22-10-2-3-15(11-22)13-4-6-14(7-5-13)18(24)25/h4-7,15H,2-3,8-11H2,1H3,(H,24,25)(H,19,20,21)/t15-/m0/s1. The van der Waals surface area contributed by atoms with Crippen LogP contribution in [0.15, 0.2) is 24.3 Å². The molecule has 0 aliphatic carbocycles. The first kappa shape index (κ1) is 17.1. The second kappa shape index (κ2) is 7.46. The number of amides is 1. The van der Waals surface area contributed by atoms with Crippen LogP contribution in [0.25, 0.3) is 0 Å². The van der Waals surface area contributed by atoms with E-state index in [4.69, 9.17) is 5.11 Å². The molecule has 1 aliphatic rings. The predicted molar refractivity (Wildman–Crippen MR) is 91.4 cm³/mol. The Balaban J connectivity index is 1.58. The Kier molecular flexibility index (Phi) is 5.11. The number of aromatic carboxylic acids is 1. The number of carboxylic acid groups (broad SMARTS) is 1. The highest BCUT2D eigenvalue weighted by atomic mass is 16.4. The molecule has 1 saturated heterocycles. The Morgan fingerprint density at radius 2 is 2.08 bits per heavy atom. The smallest absolute Gasteiger partial charge is 0.335 e. The van der Waals surface area contributed by atoms with Crippen LogP contribution in [0, 0.1) is 6.92 Å². The van der Waals surface area contributed by atoms with Crippen molar-refractivity contribution in [1.82, 2.24) is 20.1 Å². The number of aryl methyl sites for hydroxylation is 2. The van der Waals surface area contributed by atoms with E-state index in [2.05, 4.69) is 15.2 Å². The largest absolute Gasteiger partial charge is 0.478 e. The summed E-state index contributed by atoms with van der Waals surface area (Å²) in [5, 5.41) is 15.8. The third-order valence-corrected chi connectivity index (χ3v) is 4.61. The van der Waals surface area contributed by atoms with Crippen LogP contribution in [0.5, 0.6) is 0 Å². The highest BCUT2D eigenvalue weighted by molar-refractivity contribution is 5.87. The van der Waals surface area contributed by atoms with Crippen LogP contribution >= 0.6 is 0 Å². The van der Waals surface area contributed by atoms with E-state index >= 15 is 0 Å². The number of piperidine rings is 1. The van der Waals surface area contributed by atoms with Crippen molar-refractivity contribution in [1.29, 1.82) is 0 Å². The van der Waals surface area contributed by atoms with E-state index in [1.807, 2.05) is 24.0 Å². The lowest BCUT2D eigenvalue weighted by Gasteiger charge is -2.33. The minimum atomic E-state index is -0.922. The number of rotatable bonds is 5. The molecule has 1 atom stereocenters. The fourth-order valence-electron chi connectivity index (χ4n) is 3.25. The number of carboxylic acids is 1. The van der Waals surface area contributed by atoms with Crippen LogP contribution in [0.3, 0.4) is 0 Å². The van der Waals surface area contributed by atoms with E-state index in [1.54, 1.807) is 12.1 Å². The number of likely N-dealkylation sites (tertiary alicyclic amines) is 1. The number of nitrogens with zero attached hydrogens (tertiary/aromatic N) is 3. The molecule has 1 aromatic carbocycles. The molecule has 1 aromatic heterocycles. The maximum absolute atomic E-state index is 12.5. The van der Waals surface area contributed by atoms with Gasteiger partial charge in [-0.05, 0) is 37.5 Å². The van der Waals surface area contributed by atoms with E-state index in [-0.39, 0.29) is 17.4 Å². The Morgan fingerprint density at radius 3 is 2.72 bits per heavy atom. The average Bonchev–Trinajstić information content (AvgIpc) is 3.05.